The van der Waals surface area contributed by atoms with Gasteiger partial charge in [-0.1, -0.05) is 31.0 Å². The minimum absolute atomic E-state index is 0.000175. The van der Waals surface area contributed by atoms with Crippen LogP contribution in [-0.4, -0.2) is 35.3 Å². The van der Waals surface area contributed by atoms with Gasteiger partial charge in [0, 0.05) is 36.7 Å². The lowest BCUT2D eigenvalue weighted by atomic mass is 9.85. The molecule has 7 nitrogen and oxygen atoms in total. The van der Waals surface area contributed by atoms with Gasteiger partial charge >= 0.3 is 6.03 Å². The fourth-order valence-corrected chi connectivity index (χ4v) is 3.05. The summed E-state index contributed by atoms with van der Waals surface area (Å²) >= 11 is 0. The number of urea groups is 1. The van der Waals surface area contributed by atoms with Crippen molar-refractivity contribution in [2.45, 2.75) is 38.1 Å². The summed E-state index contributed by atoms with van der Waals surface area (Å²) in [6.07, 6.45) is 4.35. The molecule has 1 aliphatic carbocycles. The van der Waals surface area contributed by atoms with E-state index in [1.807, 2.05) is 0 Å². The Morgan fingerprint density at radius 1 is 1.30 bits per heavy atom. The molecule has 2 rings (SSSR count). The van der Waals surface area contributed by atoms with E-state index in [1.54, 1.807) is 18.2 Å². The van der Waals surface area contributed by atoms with Crippen LogP contribution in [0.4, 0.5) is 10.5 Å². The molecule has 0 radical (unpaired) electrons. The summed E-state index contributed by atoms with van der Waals surface area (Å²) in [4.78, 5) is 22.5. The van der Waals surface area contributed by atoms with Crippen molar-refractivity contribution in [1.82, 2.24) is 10.6 Å². The van der Waals surface area contributed by atoms with E-state index in [-0.39, 0.29) is 30.3 Å². The number of nitro groups is 1. The summed E-state index contributed by atoms with van der Waals surface area (Å²) in [5, 5.41) is 25.9. The van der Waals surface area contributed by atoms with Crippen LogP contribution in [0.2, 0.25) is 0 Å². The van der Waals surface area contributed by atoms with Crippen LogP contribution in [0.15, 0.2) is 24.3 Å². The number of rotatable bonds is 6. The van der Waals surface area contributed by atoms with Crippen LogP contribution < -0.4 is 10.6 Å². The van der Waals surface area contributed by atoms with Gasteiger partial charge in [-0.2, -0.15) is 0 Å². The third-order valence-electron chi connectivity index (χ3n) is 4.33. The molecule has 0 heterocycles. The number of nitro benzene ring substituents is 1. The lowest BCUT2D eigenvalue weighted by Crippen LogP contribution is -2.48. The Morgan fingerprint density at radius 3 is 2.78 bits per heavy atom. The van der Waals surface area contributed by atoms with Gasteiger partial charge in [0.1, 0.15) is 0 Å². The second kappa shape index (κ2) is 8.47. The molecule has 7 heteroatoms. The molecule has 0 aromatic heterocycles. The van der Waals surface area contributed by atoms with E-state index in [2.05, 4.69) is 10.6 Å². The third kappa shape index (κ3) is 4.92. The van der Waals surface area contributed by atoms with E-state index in [0.29, 0.717) is 18.5 Å². The Bertz CT molecular complexity index is 550. The second-order valence-corrected chi connectivity index (χ2v) is 5.87. The van der Waals surface area contributed by atoms with Crippen LogP contribution in [0.1, 0.15) is 31.2 Å². The van der Waals surface area contributed by atoms with Crippen molar-refractivity contribution >= 4 is 11.7 Å². The normalized spacial score (nSPS) is 20.7. The van der Waals surface area contributed by atoms with Gasteiger partial charge in [0.15, 0.2) is 0 Å². The molecule has 1 fully saturated rings. The molecule has 2 amide bonds. The molecule has 0 aliphatic heterocycles. The molecule has 0 bridgehead atoms. The van der Waals surface area contributed by atoms with Crippen LogP contribution in [-0.2, 0) is 6.42 Å². The molecule has 2 atom stereocenters. The first kappa shape index (κ1) is 17.2. The lowest BCUT2D eigenvalue weighted by molar-refractivity contribution is -0.385. The van der Waals surface area contributed by atoms with Crippen molar-refractivity contribution in [3.05, 3.63) is 39.9 Å². The first-order valence-corrected chi connectivity index (χ1v) is 7.99. The topological polar surface area (TPSA) is 104 Å². The van der Waals surface area contributed by atoms with Gasteiger partial charge in [0.05, 0.1) is 4.92 Å². The molecule has 0 spiro atoms. The first-order chi connectivity index (χ1) is 11.1. The van der Waals surface area contributed by atoms with E-state index >= 15 is 0 Å². The largest absolute Gasteiger partial charge is 0.396 e. The number of aliphatic hydroxyl groups excluding tert-OH is 1. The summed E-state index contributed by atoms with van der Waals surface area (Å²) < 4.78 is 0. The van der Waals surface area contributed by atoms with Crippen molar-refractivity contribution in [3.8, 4) is 0 Å². The zero-order valence-corrected chi connectivity index (χ0v) is 13.0. The van der Waals surface area contributed by atoms with Crippen LogP contribution in [0, 0.1) is 16.0 Å². The monoisotopic (exact) mass is 321 g/mol. The summed E-state index contributed by atoms with van der Waals surface area (Å²) in [5.41, 5.74) is 0.672. The van der Waals surface area contributed by atoms with Crippen LogP contribution in [0.25, 0.3) is 0 Å². The number of aliphatic hydroxyl groups is 1. The summed E-state index contributed by atoms with van der Waals surface area (Å²) in [5.74, 6) is 0.115. The molecule has 0 unspecified atom stereocenters. The number of carbonyl (C=O) groups is 1. The minimum Gasteiger partial charge on any atom is -0.396 e. The first-order valence-electron chi connectivity index (χ1n) is 7.99. The van der Waals surface area contributed by atoms with Gasteiger partial charge in [-0.25, -0.2) is 4.79 Å². The summed E-state index contributed by atoms with van der Waals surface area (Å²) in [6, 6.07) is 6.24. The van der Waals surface area contributed by atoms with Crippen LogP contribution in [0.5, 0.6) is 0 Å². The average molecular weight is 321 g/mol. The van der Waals surface area contributed by atoms with Crippen molar-refractivity contribution in [2.24, 2.45) is 5.92 Å². The Balaban J connectivity index is 1.80. The lowest BCUT2D eigenvalue weighted by Gasteiger charge is -2.30. The molecule has 126 valence electrons. The fraction of sp³-hybridized carbons (Fsp3) is 0.562. The van der Waals surface area contributed by atoms with Crippen LogP contribution in [0.3, 0.4) is 0 Å². The maximum Gasteiger partial charge on any atom is 0.315 e. The number of carbonyl (C=O) groups excluding carboxylic acids is 1. The zero-order chi connectivity index (χ0) is 16.7. The molecular formula is C16H23N3O4. The van der Waals surface area contributed by atoms with Gasteiger partial charge in [0.2, 0.25) is 0 Å². The third-order valence-corrected chi connectivity index (χ3v) is 4.33. The van der Waals surface area contributed by atoms with Crippen molar-refractivity contribution in [3.63, 3.8) is 0 Å². The second-order valence-electron chi connectivity index (χ2n) is 5.87. The van der Waals surface area contributed by atoms with Gasteiger partial charge in [0.25, 0.3) is 5.69 Å². The van der Waals surface area contributed by atoms with Crippen molar-refractivity contribution < 1.29 is 14.8 Å². The quantitative estimate of drug-likeness (QED) is 0.550. The molecular weight excluding hydrogens is 298 g/mol. The predicted octanol–water partition coefficient (Wildman–Crippen LogP) is 1.99. The highest BCUT2D eigenvalue weighted by Crippen LogP contribution is 2.23. The minimum atomic E-state index is -0.413. The number of hydrogen-bond donors (Lipinski definition) is 3. The maximum atomic E-state index is 11.9. The maximum absolute atomic E-state index is 11.9. The van der Waals surface area contributed by atoms with Gasteiger partial charge in [-0.05, 0) is 19.3 Å². The molecule has 1 aliphatic rings. The van der Waals surface area contributed by atoms with E-state index < -0.39 is 4.92 Å². The molecule has 1 aromatic rings. The molecule has 0 saturated heterocycles. The predicted molar refractivity (Wildman–Crippen MR) is 86.2 cm³/mol. The Kier molecular flexibility index (Phi) is 6.34. The summed E-state index contributed by atoms with van der Waals surface area (Å²) in [6.45, 7) is 0.411. The summed E-state index contributed by atoms with van der Waals surface area (Å²) in [7, 11) is 0. The number of nitrogens with zero attached hydrogens (tertiary/aromatic N) is 1. The molecule has 3 N–H and O–H groups in total. The number of amides is 2. The zero-order valence-electron chi connectivity index (χ0n) is 13.0. The van der Waals surface area contributed by atoms with Gasteiger partial charge in [-0.15, -0.1) is 0 Å². The standard InChI is InChI=1S/C16H23N3O4/c20-11-13-6-1-3-7-14(13)18-16(21)17-10-9-12-5-2-4-8-15(12)19(22)23/h2,4-5,8,13-14,20H,1,3,6-7,9-11H2,(H2,17,18,21)/t13-,14-/m0/s1. The Labute approximate surface area is 135 Å². The fourth-order valence-electron chi connectivity index (χ4n) is 3.05. The van der Waals surface area contributed by atoms with E-state index in [1.165, 1.54) is 6.07 Å². The van der Waals surface area contributed by atoms with E-state index in [9.17, 15) is 20.0 Å². The van der Waals surface area contributed by atoms with Crippen molar-refractivity contribution in [1.29, 1.82) is 0 Å². The highest BCUT2D eigenvalue weighted by Gasteiger charge is 2.25. The van der Waals surface area contributed by atoms with Gasteiger partial charge in [-0.3, -0.25) is 10.1 Å². The smallest absolute Gasteiger partial charge is 0.315 e. The van der Waals surface area contributed by atoms with E-state index in [4.69, 9.17) is 0 Å². The Morgan fingerprint density at radius 2 is 2.04 bits per heavy atom. The number of para-hydroxylation sites is 1. The van der Waals surface area contributed by atoms with Crippen molar-refractivity contribution in [2.75, 3.05) is 13.2 Å². The highest BCUT2D eigenvalue weighted by atomic mass is 16.6. The molecule has 23 heavy (non-hydrogen) atoms. The van der Waals surface area contributed by atoms with Gasteiger partial charge < -0.3 is 15.7 Å². The highest BCUT2D eigenvalue weighted by molar-refractivity contribution is 5.74. The number of nitrogens with one attached hydrogen (secondary N) is 2. The molecule has 1 aromatic carbocycles. The van der Waals surface area contributed by atoms with Crippen LogP contribution >= 0.6 is 0 Å². The van der Waals surface area contributed by atoms with E-state index in [0.717, 1.165) is 25.7 Å². The SMILES string of the molecule is O=C(NCCc1ccccc1[N+](=O)[O-])N[C@H]1CCCC[C@H]1CO. The Hall–Kier alpha value is -2.15. The molecule has 1 saturated carbocycles. The average Bonchev–Trinajstić information content (AvgIpc) is 2.55. The number of benzene rings is 1. The number of hydrogen-bond acceptors (Lipinski definition) is 4.